The van der Waals surface area contributed by atoms with Gasteiger partial charge >= 0.3 is 5.97 Å². The summed E-state index contributed by atoms with van der Waals surface area (Å²) in [6.45, 7) is 1.95. The van der Waals surface area contributed by atoms with Crippen LogP contribution in [0.15, 0.2) is 18.3 Å². The van der Waals surface area contributed by atoms with Crippen LogP contribution >= 0.6 is 0 Å². The zero-order chi connectivity index (χ0) is 10.8. The van der Waals surface area contributed by atoms with Crippen LogP contribution in [0.25, 0.3) is 0 Å². The lowest BCUT2D eigenvalue weighted by molar-refractivity contribution is -0.138. The van der Waals surface area contributed by atoms with Crippen LogP contribution < -0.4 is 5.32 Å². The van der Waals surface area contributed by atoms with E-state index in [2.05, 4.69) is 10.3 Å². The smallest absolute Gasteiger partial charge is 0.326 e. The topological polar surface area (TPSA) is 62.2 Å². The first-order chi connectivity index (χ1) is 7.16. The summed E-state index contributed by atoms with van der Waals surface area (Å²) in [6.07, 6.45) is 3.72. The maximum atomic E-state index is 11.0. The van der Waals surface area contributed by atoms with E-state index in [0.717, 1.165) is 18.4 Å². The Hall–Kier alpha value is -1.58. The molecule has 15 heavy (non-hydrogen) atoms. The summed E-state index contributed by atoms with van der Waals surface area (Å²) in [6, 6.07) is 3.25. The lowest BCUT2D eigenvalue weighted by Crippen LogP contribution is -2.31. The number of aliphatic carboxylic acids is 1. The zero-order valence-corrected chi connectivity index (χ0v) is 8.60. The van der Waals surface area contributed by atoms with Gasteiger partial charge in [0.2, 0.25) is 0 Å². The van der Waals surface area contributed by atoms with Crippen LogP contribution in [-0.2, 0) is 4.79 Å². The molecule has 2 rings (SSSR count). The van der Waals surface area contributed by atoms with Gasteiger partial charge in [0, 0.05) is 6.20 Å². The number of pyridine rings is 1. The van der Waals surface area contributed by atoms with Crippen molar-refractivity contribution in [3.63, 3.8) is 0 Å². The van der Waals surface area contributed by atoms with Crippen molar-refractivity contribution in [2.24, 2.45) is 5.92 Å². The van der Waals surface area contributed by atoms with Gasteiger partial charge in [0.15, 0.2) is 0 Å². The molecule has 0 spiro atoms. The predicted molar refractivity (Wildman–Crippen MR) is 56.7 cm³/mol. The molecule has 1 saturated carbocycles. The molecule has 0 aromatic carbocycles. The van der Waals surface area contributed by atoms with Crippen LogP contribution in [0.4, 0.5) is 5.82 Å². The van der Waals surface area contributed by atoms with Crippen molar-refractivity contribution in [3.8, 4) is 0 Å². The summed E-state index contributed by atoms with van der Waals surface area (Å²) < 4.78 is 0. The molecule has 4 nitrogen and oxygen atoms in total. The van der Waals surface area contributed by atoms with Crippen molar-refractivity contribution in [1.82, 2.24) is 4.98 Å². The molecule has 1 unspecified atom stereocenters. The average Bonchev–Trinajstić information content (AvgIpc) is 3.00. The number of nitrogens with one attached hydrogen (secondary N) is 1. The predicted octanol–water partition coefficient (Wildman–Crippen LogP) is 1.67. The second-order valence-corrected chi connectivity index (χ2v) is 4.02. The van der Waals surface area contributed by atoms with Crippen LogP contribution in [0.2, 0.25) is 0 Å². The Balaban J connectivity index is 2.05. The highest BCUT2D eigenvalue weighted by Crippen LogP contribution is 2.34. The minimum absolute atomic E-state index is 0.269. The van der Waals surface area contributed by atoms with Crippen LogP contribution in [0.5, 0.6) is 0 Å². The number of anilines is 1. The third kappa shape index (κ3) is 2.46. The number of carboxylic acids is 1. The Kier molecular flexibility index (Phi) is 2.58. The van der Waals surface area contributed by atoms with Crippen molar-refractivity contribution in [2.45, 2.75) is 25.8 Å². The lowest BCUT2D eigenvalue weighted by Gasteiger charge is -2.13. The second-order valence-electron chi connectivity index (χ2n) is 4.02. The largest absolute Gasteiger partial charge is 0.480 e. The van der Waals surface area contributed by atoms with Crippen molar-refractivity contribution in [2.75, 3.05) is 5.32 Å². The number of rotatable bonds is 4. The summed E-state index contributed by atoms with van der Waals surface area (Å²) in [4.78, 5) is 15.1. The van der Waals surface area contributed by atoms with Crippen LogP contribution in [-0.4, -0.2) is 22.1 Å². The highest BCUT2D eigenvalue weighted by Gasteiger charge is 2.36. The van der Waals surface area contributed by atoms with Gasteiger partial charge in [-0.2, -0.15) is 0 Å². The number of aromatic nitrogens is 1. The zero-order valence-electron chi connectivity index (χ0n) is 8.60. The molecular weight excluding hydrogens is 192 g/mol. The first-order valence-corrected chi connectivity index (χ1v) is 5.09. The van der Waals surface area contributed by atoms with Crippen LogP contribution in [0.3, 0.4) is 0 Å². The Morgan fingerprint density at radius 1 is 1.60 bits per heavy atom. The molecule has 2 N–H and O–H groups in total. The maximum Gasteiger partial charge on any atom is 0.326 e. The molecule has 1 aromatic rings. The quantitative estimate of drug-likeness (QED) is 0.786. The molecule has 1 aliphatic carbocycles. The number of hydrogen-bond donors (Lipinski definition) is 2. The molecule has 1 atom stereocenters. The van der Waals surface area contributed by atoms with E-state index in [4.69, 9.17) is 5.11 Å². The molecule has 0 radical (unpaired) electrons. The SMILES string of the molecule is Cc1ccc(NC(C(=O)O)C2CC2)nc1. The van der Waals surface area contributed by atoms with Crippen molar-refractivity contribution in [1.29, 1.82) is 0 Å². The second kappa shape index (κ2) is 3.88. The molecule has 1 heterocycles. The molecule has 0 saturated heterocycles. The van der Waals surface area contributed by atoms with Gasteiger partial charge in [-0.25, -0.2) is 9.78 Å². The Labute approximate surface area is 88.3 Å². The van der Waals surface area contributed by atoms with E-state index in [9.17, 15) is 4.79 Å². The van der Waals surface area contributed by atoms with Gasteiger partial charge in [-0.15, -0.1) is 0 Å². The van der Waals surface area contributed by atoms with Gasteiger partial charge in [-0.1, -0.05) is 6.07 Å². The fraction of sp³-hybridized carbons (Fsp3) is 0.455. The monoisotopic (exact) mass is 206 g/mol. The minimum Gasteiger partial charge on any atom is -0.480 e. The van der Waals surface area contributed by atoms with Gasteiger partial charge in [0.1, 0.15) is 11.9 Å². The molecule has 0 aliphatic heterocycles. The Morgan fingerprint density at radius 3 is 2.80 bits per heavy atom. The normalized spacial score (nSPS) is 17.1. The number of hydrogen-bond acceptors (Lipinski definition) is 3. The maximum absolute atomic E-state index is 11.0. The lowest BCUT2D eigenvalue weighted by atomic mass is 10.2. The van der Waals surface area contributed by atoms with Crippen LogP contribution in [0, 0.1) is 12.8 Å². The molecule has 1 aliphatic rings. The summed E-state index contributed by atoms with van der Waals surface area (Å²) in [5.74, 6) is 0.116. The number of carbonyl (C=O) groups is 1. The van der Waals surface area contributed by atoms with E-state index in [-0.39, 0.29) is 5.92 Å². The van der Waals surface area contributed by atoms with Gasteiger partial charge < -0.3 is 10.4 Å². The Bertz CT molecular complexity index is 357. The first kappa shape index (κ1) is 9.96. The summed E-state index contributed by atoms with van der Waals surface area (Å²) >= 11 is 0. The van der Waals surface area contributed by atoms with Gasteiger partial charge in [0.05, 0.1) is 0 Å². The molecule has 4 heteroatoms. The number of nitrogens with zero attached hydrogens (tertiary/aromatic N) is 1. The minimum atomic E-state index is -0.792. The van der Waals surface area contributed by atoms with Crippen LogP contribution in [0.1, 0.15) is 18.4 Å². The van der Waals surface area contributed by atoms with Crippen molar-refractivity contribution >= 4 is 11.8 Å². The van der Waals surface area contributed by atoms with E-state index in [1.165, 1.54) is 0 Å². The summed E-state index contributed by atoms with van der Waals surface area (Å²) in [5.41, 5.74) is 1.07. The van der Waals surface area contributed by atoms with E-state index < -0.39 is 12.0 Å². The molecule has 80 valence electrons. The van der Waals surface area contributed by atoms with E-state index >= 15 is 0 Å². The fourth-order valence-electron chi connectivity index (χ4n) is 1.52. The Morgan fingerprint density at radius 2 is 2.33 bits per heavy atom. The highest BCUT2D eigenvalue weighted by atomic mass is 16.4. The first-order valence-electron chi connectivity index (χ1n) is 5.09. The third-order valence-corrected chi connectivity index (χ3v) is 2.57. The van der Waals surface area contributed by atoms with Crippen molar-refractivity contribution in [3.05, 3.63) is 23.9 Å². The fourth-order valence-corrected chi connectivity index (χ4v) is 1.52. The standard InChI is InChI=1S/C11H14N2O2/c1-7-2-5-9(12-6-7)13-10(11(14)15)8-3-4-8/h2,5-6,8,10H,3-4H2,1H3,(H,12,13)(H,14,15). The number of aryl methyl sites for hydroxylation is 1. The molecule has 0 bridgehead atoms. The van der Waals surface area contributed by atoms with E-state index in [1.807, 2.05) is 19.1 Å². The van der Waals surface area contributed by atoms with Gasteiger partial charge in [-0.05, 0) is 37.3 Å². The highest BCUT2D eigenvalue weighted by molar-refractivity contribution is 5.77. The van der Waals surface area contributed by atoms with Crippen molar-refractivity contribution < 1.29 is 9.90 Å². The van der Waals surface area contributed by atoms with E-state index in [0.29, 0.717) is 5.82 Å². The number of carboxylic acid groups (broad SMARTS) is 1. The summed E-state index contributed by atoms with van der Waals surface area (Å²) in [5, 5.41) is 12.0. The van der Waals surface area contributed by atoms with E-state index in [1.54, 1.807) is 6.20 Å². The van der Waals surface area contributed by atoms with Gasteiger partial charge in [-0.3, -0.25) is 0 Å². The molecule has 0 amide bonds. The van der Waals surface area contributed by atoms with Gasteiger partial charge in [0.25, 0.3) is 0 Å². The average molecular weight is 206 g/mol. The molecule has 1 fully saturated rings. The summed E-state index contributed by atoms with van der Waals surface area (Å²) in [7, 11) is 0. The molecule has 1 aromatic heterocycles. The molecular formula is C11H14N2O2. The third-order valence-electron chi connectivity index (χ3n) is 2.57.